The van der Waals surface area contributed by atoms with Crippen molar-refractivity contribution in [1.29, 1.82) is 0 Å². The summed E-state index contributed by atoms with van der Waals surface area (Å²) < 4.78 is 44.8. The lowest BCUT2D eigenvalue weighted by Crippen LogP contribution is -2.60. The zero-order valence-corrected chi connectivity index (χ0v) is 32.6. The van der Waals surface area contributed by atoms with Crippen LogP contribution in [0.15, 0.2) is 0 Å². The minimum absolute atomic E-state index is 0.0572. The van der Waals surface area contributed by atoms with E-state index in [1.165, 1.54) is 14.0 Å². The smallest absolute Gasteiger partial charge is 0.311 e. The average Bonchev–Trinajstić information content (AvgIpc) is 3.37. The zero-order chi connectivity index (χ0) is 37.7. The minimum atomic E-state index is -1.78. The molecule has 292 valence electrons. The van der Waals surface area contributed by atoms with Crippen LogP contribution in [0.2, 0.25) is 0 Å². The molecular weight excluding hydrogens is 650 g/mol. The highest BCUT2D eigenvalue weighted by Crippen LogP contribution is 2.48. The fourth-order valence-corrected chi connectivity index (χ4v) is 9.20. The lowest BCUT2D eigenvalue weighted by molar-refractivity contribution is -0.318. The molecule has 19 atom stereocenters. The Morgan fingerprint density at radius 1 is 0.920 bits per heavy atom. The third-order valence-electron chi connectivity index (χ3n) is 12.4. The van der Waals surface area contributed by atoms with Crippen molar-refractivity contribution in [3.63, 3.8) is 0 Å². The quantitative estimate of drug-likeness (QED) is 0.284. The van der Waals surface area contributed by atoms with Crippen LogP contribution in [0.1, 0.15) is 94.9 Å². The summed E-state index contributed by atoms with van der Waals surface area (Å²) in [5.74, 6) is -2.72. The van der Waals surface area contributed by atoms with Gasteiger partial charge in [-0.3, -0.25) is 4.79 Å². The molecule has 13 nitrogen and oxygen atoms in total. The first-order valence-corrected chi connectivity index (χ1v) is 18.6. The van der Waals surface area contributed by atoms with Crippen LogP contribution in [-0.2, 0) is 38.0 Å². The zero-order valence-electron chi connectivity index (χ0n) is 32.6. The van der Waals surface area contributed by atoms with E-state index in [2.05, 4.69) is 6.92 Å². The van der Waals surface area contributed by atoms with Gasteiger partial charge in [-0.05, 0) is 80.8 Å². The maximum absolute atomic E-state index is 14.1. The molecule has 0 amide bonds. The molecule has 0 aromatic rings. The molecule has 0 radical (unpaired) electrons. The van der Waals surface area contributed by atoms with Crippen LogP contribution in [0.3, 0.4) is 0 Å². The van der Waals surface area contributed by atoms with Crippen LogP contribution in [0, 0.1) is 23.7 Å². The van der Waals surface area contributed by atoms with E-state index in [1.54, 1.807) is 27.7 Å². The SMILES string of the molecule is CC[C@H]1OC(=O)[C@H](C)[C@@H](O[C@H]2C[C@](C)(OC)[C@H](O)[C@@H](C)O2)[C@H](C)[C@@H](O[C@@H]2O[C@H](C)C[C@H](N(C)C)[C@H]2O)[C@]2(C)C[C@@H](C)[C@@H](O2)[C@H](C)[C@@H](O)[C@]1(C)O. The summed E-state index contributed by atoms with van der Waals surface area (Å²) in [5, 5.41) is 45.9. The Morgan fingerprint density at radius 3 is 2.14 bits per heavy atom. The second-order valence-electron chi connectivity index (χ2n) is 16.8. The number of nitrogens with zero attached hydrogens (tertiary/aromatic N) is 1. The lowest BCUT2D eigenvalue weighted by Gasteiger charge is -2.48. The number of rotatable bonds is 7. The first-order chi connectivity index (χ1) is 23.1. The van der Waals surface area contributed by atoms with Crippen molar-refractivity contribution in [2.24, 2.45) is 23.7 Å². The Labute approximate surface area is 299 Å². The van der Waals surface area contributed by atoms with Gasteiger partial charge in [-0.25, -0.2) is 0 Å². The van der Waals surface area contributed by atoms with Gasteiger partial charge in [0, 0.05) is 31.4 Å². The fourth-order valence-electron chi connectivity index (χ4n) is 9.20. The number of fused-ring (bicyclic) bond motifs is 2. The second kappa shape index (κ2) is 15.8. The number of aliphatic hydroxyl groups excluding tert-OH is 3. The molecule has 0 aliphatic carbocycles. The highest BCUT2D eigenvalue weighted by molar-refractivity contribution is 5.73. The van der Waals surface area contributed by atoms with Gasteiger partial charge < -0.3 is 58.5 Å². The number of ether oxygens (including phenoxy) is 7. The summed E-state index contributed by atoms with van der Waals surface area (Å²) in [4.78, 5) is 16.1. The van der Waals surface area contributed by atoms with Gasteiger partial charge in [-0.15, -0.1) is 0 Å². The van der Waals surface area contributed by atoms with Gasteiger partial charge in [0.15, 0.2) is 12.6 Å². The number of hydrogen-bond acceptors (Lipinski definition) is 13. The molecule has 4 aliphatic heterocycles. The van der Waals surface area contributed by atoms with E-state index in [-0.39, 0.29) is 30.9 Å². The van der Waals surface area contributed by atoms with E-state index in [9.17, 15) is 25.2 Å². The van der Waals surface area contributed by atoms with Crippen molar-refractivity contribution < 1.29 is 58.4 Å². The molecule has 4 N–H and O–H groups in total. The van der Waals surface area contributed by atoms with Crippen molar-refractivity contribution in [2.45, 2.75) is 185 Å². The minimum Gasteiger partial charge on any atom is -0.459 e. The monoisotopic (exact) mass is 717 g/mol. The van der Waals surface area contributed by atoms with Crippen LogP contribution < -0.4 is 0 Å². The molecule has 0 aromatic heterocycles. The molecule has 0 unspecified atom stereocenters. The molecule has 4 fully saturated rings. The van der Waals surface area contributed by atoms with E-state index >= 15 is 0 Å². The van der Waals surface area contributed by atoms with Gasteiger partial charge in [0.05, 0.1) is 53.7 Å². The maximum Gasteiger partial charge on any atom is 0.311 e. The van der Waals surface area contributed by atoms with Gasteiger partial charge >= 0.3 is 5.97 Å². The van der Waals surface area contributed by atoms with Gasteiger partial charge in [-0.1, -0.05) is 27.7 Å². The molecule has 4 aliphatic rings. The van der Waals surface area contributed by atoms with Gasteiger partial charge in [0.1, 0.15) is 23.9 Å². The Bertz CT molecular complexity index is 1140. The van der Waals surface area contributed by atoms with E-state index in [1.807, 2.05) is 46.7 Å². The van der Waals surface area contributed by atoms with E-state index in [0.717, 1.165) is 0 Å². The van der Waals surface area contributed by atoms with Crippen molar-refractivity contribution >= 4 is 5.97 Å². The maximum atomic E-state index is 14.1. The van der Waals surface area contributed by atoms with Crippen molar-refractivity contribution in [3.8, 4) is 0 Å². The highest BCUT2D eigenvalue weighted by Gasteiger charge is 2.58. The average molecular weight is 718 g/mol. The Balaban J connectivity index is 1.83. The molecule has 4 saturated heterocycles. The predicted molar refractivity (Wildman–Crippen MR) is 184 cm³/mol. The van der Waals surface area contributed by atoms with Crippen LogP contribution in [0.4, 0.5) is 0 Å². The molecule has 50 heavy (non-hydrogen) atoms. The number of carbonyl (C=O) groups excluding carboxylic acids is 1. The summed E-state index contributed by atoms with van der Waals surface area (Å²) in [6.45, 7) is 18.3. The topological polar surface area (TPSA) is 166 Å². The third-order valence-corrected chi connectivity index (χ3v) is 12.4. The largest absolute Gasteiger partial charge is 0.459 e. The predicted octanol–water partition coefficient (Wildman–Crippen LogP) is 2.62. The molecule has 0 saturated carbocycles. The summed E-state index contributed by atoms with van der Waals surface area (Å²) in [7, 11) is 5.36. The Morgan fingerprint density at radius 2 is 1.56 bits per heavy atom. The Hall–Kier alpha value is -0.970. The van der Waals surface area contributed by atoms with Gasteiger partial charge in [0.25, 0.3) is 0 Å². The van der Waals surface area contributed by atoms with Crippen molar-refractivity contribution in [1.82, 2.24) is 4.90 Å². The van der Waals surface area contributed by atoms with Gasteiger partial charge in [0.2, 0.25) is 0 Å². The Kier molecular flexibility index (Phi) is 13.2. The number of esters is 1. The third kappa shape index (κ3) is 8.08. The van der Waals surface area contributed by atoms with Crippen molar-refractivity contribution in [2.75, 3.05) is 21.2 Å². The fraction of sp³-hybridized carbons (Fsp3) is 0.973. The molecule has 0 aromatic carbocycles. The molecule has 2 bridgehead atoms. The van der Waals surface area contributed by atoms with E-state index in [0.29, 0.717) is 12.8 Å². The standard InChI is InChI=1S/C37H67NO12/c1-14-25-37(10,43)30(40)20(4)28-18(2)16-36(9,50-28)32(49-34-27(39)24(38(11)12)15-19(3)45-34)21(5)29(22(6)33(42)47-25)48-26-17-35(8,44-13)31(41)23(7)46-26/h18-32,34,39-41,43H,14-17H2,1-13H3/t18-,19-,20+,21+,22-,23-,24+,25-,26+,27-,28-,29+,30-,31-,32-,34+,35+,36+,37-/m1/s1. The lowest BCUT2D eigenvalue weighted by atomic mass is 9.76. The highest BCUT2D eigenvalue weighted by atomic mass is 16.7. The molecular formula is C37H67NO12. The second-order valence-corrected chi connectivity index (χ2v) is 16.8. The number of methoxy groups -OCH3 is 1. The summed E-state index contributed by atoms with van der Waals surface area (Å²) in [6, 6.07) is -0.225. The van der Waals surface area contributed by atoms with Crippen molar-refractivity contribution in [3.05, 3.63) is 0 Å². The van der Waals surface area contributed by atoms with E-state index in [4.69, 9.17) is 33.2 Å². The molecule has 0 spiro atoms. The molecule has 4 rings (SSSR count). The first-order valence-electron chi connectivity index (χ1n) is 18.6. The number of hydrogen-bond donors (Lipinski definition) is 4. The normalized spacial score (nSPS) is 52.6. The van der Waals surface area contributed by atoms with Crippen LogP contribution in [-0.4, -0.2) is 143 Å². The number of carbonyl (C=O) groups is 1. The summed E-state index contributed by atoms with van der Waals surface area (Å²) >= 11 is 0. The first kappa shape index (κ1) is 41.8. The molecule has 4 heterocycles. The van der Waals surface area contributed by atoms with Crippen LogP contribution in [0.5, 0.6) is 0 Å². The summed E-state index contributed by atoms with van der Waals surface area (Å²) in [5.41, 5.74) is -3.76. The molecule has 13 heteroatoms. The summed E-state index contributed by atoms with van der Waals surface area (Å²) in [6.07, 6.45) is -7.51. The van der Waals surface area contributed by atoms with E-state index < -0.39 is 102 Å². The van der Waals surface area contributed by atoms with Crippen LogP contribution >= 0.6 is 0 Å². The number of likely N-dealkylation sites (N-methyl/N-ethyl adjacent to an activating group) is 1. The van der Waals surface area contributed by atoms with Gasteiger partial charge in [-0.2, -0.15) is 0 Å². The number of cyclic esters (lactones) is 1. The number of aliphatic hydroxyl groups is 4. The van der Waals surface area contributed by atoms with Crippen LogP contribution in [0.25, 0.3) is 0 Å².